The number of anilines is 1. The first-order valence-electron chi connectivity index (χ1n) is 5.69. The van der Waals surface area contributed by atoms with Gasteiger partial charge in [-0.05, 0) is 25.1 Å². The van der Waals surface area contributed by atoms with Crippen LogP contribution < -0.4 is 10.9 Å². The van der Waals surface area contributed by atoms with Crippen LogP contribution in [0.25, 0.3) is 11.3 Å². The van der Waals surface area contributed by atoms with E-state index in [4.69, 9.17) is 0 Å². The fourth-order valence-electron chi connectivity index (χ4n) is 1.50. The van der Waals surface area contributed by atoms with Gasteiger partial charge in [0, 0.05) is 22.9 Å². The fraction of sp³-hybridized carbons (Fsp3) is 0.0714. The summed E-state index contributed by atoms with van der Waals surface area (Å²) in [5.74, 6) is -0.230. The van der Waals surface area contributed by atoms with Crippen LogP contribution in [0.5, 0.6) is 0 Å². The number of hydrogen-bond donors (Lipinski definition) is 2. The van der Waals surface area contributed by atoms with E-state index in [9.17, 15) is 9.59 Å². The van der Waals surface area contributed by atoms with Gasteiger partial charge in [0.2, 0.25) is 0 Å². The number of carbonyl (C=O) groups excluding carboxylic acids is 1. The molecule has 0 unspecified atom stereocenters. The summed E-state index contributed by atoms with van der Waals surface area (Å²) in [4.78, 5) is 22.5. The van der Waals surface area contributed by atoms with Crippen molar-refractivity contribution in [2.75, 3.05) is 5.32 Å². The number of H-pyrrole nitrogens is 1. The van der Waals surface area contributed by atoms with Gasteiger partial charge in [-0.2, -0.15) is 5.10 Å². The van der Waals surface area contributed by atoms with Crippen molar-refractivity contribution in [3.63, 3.8) is 0 Å². The molecule has 0 saturated carbocycles. The zero-order valence-electron chi connectivity index (χ0n) is 10.4. The first kappa shape index (κ1) is 12.8. The Hall–Kier alpha value is -2.69. The Morgan fingerprint density at radius 1 is 1.32 bits per heavy atom. The third kappa shape index (κ3) is 3.16. The number of nitrogens with zero attached hydrogens (tertiary/aromatic N) is 1. The molecule has 2 N–H and O–H groups in total. The molecule has 0 saturated heterocycles. The predicted molar refractivity (Wildman–Crippen MR) is 73.7 cm³/mol. The molecule has 1 aromatic carbocycles. The van der Waals surface area contributed by atoms with Crippen molar-refractivity contribution in [3.05, 3.63) is 58.9 Å². The Morgan fingerprint density at radius 2 is 2.11 bits per heavy atom. The molecule has 0 radical (unpaired) electrons. The van der Waals surface area contributed by atoms with Gasteiger partial charge >= 0.3 is 0 Å². The predicted octanol–water partition coefficient (Wildman–Crippen LogP) is 1.95. The molecule has 19 heavy (non-hydrogen) atoms. The van der Waals surface area contributed by atoms with Gasteiger partial charge in [0.1, 0.15) is 0 Å². The number of amides is 1. The topological polar surface area (TPSA) is 74.8 Å². The Kier molecular flexibility index (Phi) is 3.56. The Balaban J connectivity index is 2.29. The molecule has 1 heterocycles. The van der Waals surface area contributed by atoms with Crippen LogP contribution in [0.2, 0.25) is 0 Å². The summed E-state index contributed by atoms with van der Waals surface area (Å²) >= 11 is 0. The maximum Gasteiger partial charge on any atom is 0.264 e. The zero-order valence-corrected chi connectivity index (χ0v) is 10.4. The van der Waals surface area contributed by atoms with E-state index in [2.05, 4.69) is 22.1 Å². The molecule has 0 aliphatic carbocycles. The quantitative estimate of drug-likeness (QED) is 0.823. The van der Waals surface area contributed by atoms with E-state index in [-0.39, 0.29) is 11.5 Å². The molecule has 0 aliphatic heterocycles. The lowest BCUT2D eigenvalue weighted by Crippen LogP contribution is -2.11. The molecule has 0 atom stereocenters. The van der Waals surface area contributed by atoms with Crippen LogP contribution in [0.3, 0.4) is 0 Å². The standard InChI is InChI=1S/C14H13N3O2/c1-9(2)14(19)15-11-5-3-4-10(8-11)12-6-7-13(18)17-16-12/h3-8H,1H2,2H3,(H,15,19)(H,17,18). The zero-order chi connectivity index (χ0) is 13.8. The van der Waals surface area contributed by atoms with Crippen LogP contribution in [0.4, 0.5) is 5.69 Å². The van der Waals surface area contributed by atoms with Crippen LogP contribution in [0.15, 0.2) is 53.3 Å². The lowest BCUT2D eigenvalue weighted by Gasteiger charge is -2.06. The molecule has 5 heteroatoms. The van der Waals surface area contributed by atoms with Crippen molar-refractivity contribution in [1.82, 2.24) is 10.2 Å². The van der Waals surface area contributed by atoms with E-state index in [0.717, 1.165) is 5.56 Å². The van der Waals surface area contributed by atoms with Crippen molar-refractivity contribution in [2.24, 2.45) is 0 Å². The molecule has 96 valence electrons. The Labute approximate surface area is 110 Å². The minimum atomic E-state index is -0.254. The number of rotatable bonds is 3. The molecule has 0 aliphatic rings. The number of aromatic nitrogens is 2. The molecule has 5 nitrogen and oxygen atoms in total. The fourth-order valence-corrected chi connectivity index (χ4v) is 1.50. The summed E-state index contributed by atoms with van der Waals surface area (Å²) in [5, 5.41) is 9.03. The molecule has 2 aromatic rings. The lowest BCUT2D eigenvalue weighted by atomic mass is 10.1. The summed E-state index contributed by atoms with van der Waals surface area (Å²) in [7, 11) is 0. The smallest absolute Gasteiger partial charge is 0.264 e. The van der Waals surface area contributed by atoms with Crippen molar-refractivity contribution in [1.29, 1.82) is 0 Å². The van der Waals surface area contributed by atoms with Crippen LogP contribution >= 0.6 is 0 Å². The van der Waals surface area contributed by atoms with Crippen LogP contribution in [-0.4, -0.2) is 16.1 Å². The highest BCUT2D eigenvalue weighted by Gasteiger charge is 2.05. The Bertz CT molecular complexity index is 669. The summed E-state index contributed by atoms with van der Waals surface area (Å²) in [6, 6.07) is 10.2. The number of aromatic amines is 1. The average Bonchev–Trinajstić information content (AvgIpc) is 2.39. The van der Waals surface area contributed by atoms with Gasteiger partial charge < -0.3 is 5.32 Å². The molecule has 1 amide bonds. The van der Waals surface area contributed by atoms with E-state index in [0.29, 0.717) is 17.0 Å². The van der Waals surface area contributed by atoms with Crippen molar-refractivity contribution in [2.45, 2.75) is 6.92 Å². The molecule has 1 aromatic heterocycles. The van der Waals surface area contributed by atoms with Crippen molar-refractivity contribution in [3.8, 4) is 11.3 Å². The summed E-state index contributed by atoms with van der Waals surface area (Å²) in [6.45, 7) is 5.22. The van der Waals surface area contributed by atoms with Gasteiger partial charge in [0.15, 0.2) is 0 Å². The lowest BCUT2D eigenvalue weighted by molar-refractivity contribution is -0.112. The minimum absolute atomic E-state index is 0.230. The van der Waals surface area contributed by atoms with E-state index in [1.807, 2.05) is 6.07 Å². The molecular formula is C14H13N3O2. The maximum atomic E-state index is 11.5. The second-order valence-corrected chi connectivity index (χ2v) is 4.12. The first-order chi connectivity index (χ1) is 9.06. The van der Waals surface area contributed by atoms with E-state index >= 15 is 0 Å². The number of nitrogens with one attached hydrogen (secondary N) is 2. The first-order valence-corrected chi connectivity index (χ1v) is 5.69. The van der Waals surface area contributed by atoms with Gasteiger partial charge in [-0.3, -0.25) is 9.59 Å². The van der Waals surface area contributed by atoms with Crippen LogP contribution in [-0.2, 0) is 4.79 Å². The van der Waals surface area contributed by atoms with Gasteiger partial charge in [0.05, 0.1) is 5.69 Å². The van der Waals surface area contributed by atoms with Crippen molar-refractivity contribution >= 4 is 11.6 Å². The van der Waals surface area contributed by atoms with Crippen molar-refractivity contribution < 1.29 is 4.79 Å². The SMILES string of the molecule is C=C(C)C(=O)Nc1cccc(-c2ccc(=O)[nH]n2)c1. The third-order valence-electron chi connectivity index (χ3n) is 2.48. The summed E-state index contributed by atoms with van der Waals surface area (Å²) in [5.41, 5.74) is 2.27. The average molecular weight is 255 g/mol. The summed E-state index contributed by atoms with van der Waals surface area (Å²) < 4.78 is 0. The van der Waals surface area contributed by atoms with E-state index in [1.165, 1.54) is 6.07 Å². The monoisotopic (exact) mass is 255 g/mol. The van der Waals surface area contributed by atoms with Crippen LogP contribution in [0.1, 0.15) is 6.92 Å². The van der Waals surface area contributed by atoms with E-state index < -0.39 is 0 Å². The van der Waals surface area contributed by atoms with Gasteiger partial charge in [-0.1, -0.05) is 18.7 Å². The Morgan fingerprint density at radius 3 is 2.74 bits per heavy atom. The molecule has 0 fully saturated rings. The highest BCUT2D eigenvalue weighted by atomic mass is 16.1. The molecular weight excluding hydrogens is 242 g/mol. The normalized spacial score (nSPS) is 9.95. The second kappa shape index (κ2) is 5.30. The number of benzene rings is 1. The minimum Gasteiger partial charge on any atom is -0.322 e. The van der Waals surface area contributed by atoms with Crippen LogP contribution in [0, 0.1) is 0 Å². The van der Waals surface area contributed by atoms with Gasteiger partial charge in [-0.15, -0.1) is 0 Å². The highest BCUT2D eigenvalue weighted by Crippen LogP contribution is 2.19. The largest absolute Gasteiger partial charge is 0.322 e. The van der Waals surface area contributed by atoms with Gasteiger partial charge in [-0.25, -0.2) is 5.10 Å². The molecule has 0 bridgehead atoms. The highest BCUT2D eigenvalue weighted by molar-refractivity contribution is 6.03. The number of hydrogen-bond acceptors (Lipinski definition) is 3. The summed E-state index contributed by atoms with van der Waals surface area (Å²) in [6.07, 6.45) is 0. The maximum absolute atomic E-state index is 11.5. The molecule has 2 rings (SSSR count). The third-order valence-corrected chi connectivity index (χ3v) is 2.48. The van der Waals surface area contributed by atoms with E-state index in [1.54, 1.807) is 31.2 Å². The van der Waals surface area contributed by atoms with Gasteiger partial charge in [0.25, 0.3) is 11.5 Å². The molecule has 0 spiro atoms. The number of carbonyl (C=O) groups is 1. The second-order valence-electron chi connectivity index (χ2n) is 4.12.